The van der Waals surface area contributed by atoms with E-state index in [1.165, 1.54) is 17.7 Å². The fourth-order valence-corrected chi connectivity index (χ4v) is 2.83. The summed E-state index contributed by atoms with van der Waals surface area (Å²) in [4.78, 5) is 0. The summed E-state index contributed by atoms with van der Waals surface area (Å²) >= 11 is 0. The molecule has 0 amide bonds. The normalized spacial score (nSPS) is 35.5. The van der Waals surface area contributed by atoms with Crippen molar-refractivity contribution in [2.45, 2.75) is 32.6 Å². The Labute approximate surface area is 71.9 Å². The van der Waals surface area contributed by atoms with Crippen LogP contribution in [-0.2, 0) is 6.42 Å². The molecule has 2 nitrogen and oxygen atoms in total. The first-order chi connectivity index (χ1) is 5.69. The van der Waals surface area contributed by atoms with E-state index in [9.17, 15) is 0 Å². The second-order valence-corrected chi connectivity index (χ2v) is 4.73. The van der Waals surface area contributed by atoms with E-state index < -0.39 is 0 Å². The third-order valence-electron chi connectivity index (χ3n) is 3.96. The second kappa shape index (κ2) is 1.76. The highest BCUT2D eigenvalue weighted by molar-refractivity contribution is 5.32. The standard InChI is InChI=1S/C10H13NO/c1-10(2)6-3-8(10)7-5-12-11-9(7)4-6/h5-6,8H,3-4H2,1-2H3/t6-,8+/m0/s1. The molecule has 0 N–H and O–H groups in total. The quantitative estimate of drug-likeness (QED) is 0.586. The van der Waals surface area contributed by atoms with Crippen LogP contribution in [0.5, 0.6) is 0 Å². The van der Waals surface area contributed by atoms with Crippen LogP contribution >= 0.6 is 0 Å². The topological polar surface area (TPSA) is 26.0 Å². The summed E-state index contributed by atoms with van der Waals surface area (Å²) in [7, 11) is 0. The molecule has 3 aliphatic rings. The summed E-state index contributed by atoms with van der Waals surface area (Å²) in [5.74, 6) is 1.57. The van der Waals surface area contributed by atoms with Crippen molar-refractivity contribution >= 4 is 0 Å². The summed E-state index contributed by atoms with van der Waals surface area (Å²) in [6.07, 6.45) is 4.33. The van der Waals surface area contributed by atoms with Crippen molar-refractivity contribution in [1.82, 2.24) is 5.16 Å². The number of aromatic nitrogens is 1. The highest BCUT2D eigenvalue weighted by Gasteiger charge is 2.53. The van der Waals surface area contributed by atoms with Gasteiger partial charge in [0.25, 0.3) is 0 Å². The molecule has 0 spiro atoms. The lowest BCUT2D eigenvalue weighted by atomic mass is 9.48. The molecular weight excluding hydrogens is 150 g/mol. The largest absolute Gasteiger partial charge is 0.364 e. The van der Waals surface area contributed by atoms with Crippen LogP contribution in [0.2, 0.25) is 0 Å². The Bertz CT molecular complexity index is 326. The minimum absolute atomic E-state index is 0.499. The van der Waals surface area contributed by atoms with E-state index >= 15 is 0 Å². The van der Waals surface area contributed by atoms with Crippen LogP contribution in [0.3, 0.4) is 0 Å². The number of hydrogen-bond donors (Lipinski definition) is 0. The van der Waals surface area contributed by atoms with Gasteiger partial charge in [-0.1, -0.05) is 19.0 Å². The van der Waals surface area contributed by atoms with Gasteiger partial charge < -0.3 is 4.52 Å². The summed E-state index contributed by atoms with van der Waals surface area (Å²) in [5.41, 5.74) is 3.09. The van der Waals surface area contributed by atoms with Gasteiger partial charge in [0.15, 0.2) is 0 Å². The average molecular weight is 163 g/mol. The zero-order chi connectivity index (χ0) is 8.34. The summed E-state index contributed by atoms with van der Waals surface area (Å²) in [5, 5.41) is 4.03. The molecule has 0 aromatic carbocycles. The highest BCUT2D eigenvalue weighted by Crippen LogP contribution is 2.61. The lowest BCUT2D eigenvalue weighted by Crippen LogP contribution is -2.47. The van der Waals surface area contributed by atoms with Crippen molar-refractivity contribution in [3.05, 3.63) is 17.5 Å². The van der Waals surface area contributed by atoms with E-state index in [4.69, 9.17) is 4.52 Å². The molecule has 0 aliphatic heterocycles. The molecule has 0 radical (unpaired) electrons. The Kier molecular flexibility index (Phi) is 0.980. The fourth-order valence-electron chi connectivity index (χ4n) is 2.83. The number of rotatable bonds is 0. The van der Waals surface area contributed by atoms with E-state index in [1.807, 2.05) is 6.26 Å². The average Bonchev–Trinajstić information content (AvgIpc) is 2.49. The molecule has 1 aromatic rings. The molecule has 1 heterocycles. The zero-order valence-electron chi connectivity index (χ0n) is 7.50. The molecule has 1 fully saturated rings. The van der Waals surface area contributed by atoms with Crippen molar-refractivity contribution in [3.63, 3.8) is 0 Å². The molecule has 2 atom stereocenters. The van der Waals surface area contributed by atoms with Crippen molar-refractivity contribution in [1.29, 1.82) is 0 Å². The SMILES string of the molecule is CC1(C)[C@@H]2Cc3nocc3[C@H]1C2. The Morgan fingerprint density at radius 3 is 3.17 bits per heavy atom. The molecule has 0 unspecified atom stereocenters. The molecule has 2 heteroatoms. The van der Waals surface area contributed by atoms with E-state index in [-0.39, 0.29) is 0 Å². The molecule has 12 heavy (non-hydrogen) atoms. The molecule has 64 valence electrons. The van der Waals surface area contributed by atoms with Gasteiger partial charge in [-0.3, -0.25) is 0 Å². The maximum atomic E-state index is 5.01. The van der Waals surface area contributed by atoms with Crippen LogP contribution in [0.4, 0.5) is 0 Å². The zero-order valence-corrected chi connectivity index (χ0v) is 7.50. The number of hydrogen-bond acceptors (Lipinski definition) is 2. The van der Waals surface area contributed by atoms with E-state index in [0.29, 0.717) is 5.41 Å². The lowest BCUT2D eigenvalue weighted by molar-refractivity contribution is 0.0178. The van der Waals surface area contributed by atoms with Crippen LogP contribution in [0, 0.1) is 11.3 Å². The predicted molar refractivity (Wildman–Crippen MR) is 44.8 cm³/mol. The van der Waals surface area contributed by atoms with Gasteiger partial charge in [-0.25, -0.2) is 0 Å². The second-order valence-electron chi connectivity index (χ2n) is 4.73. The van der Waals surface area contributed by atoms with Crippen molar-refractivity contribution < 1.29 is 4.52 Å². The van der Waals surface area contributed by atoms with Crippen LogP contribution in [0.25, 0.3) is 0 Å². The molecule has 4 rings (SSSR count). The van der Waals surface area contributed by atoms with Gasteiger partial charge in [0.05, 0.1) is 5.69 Å². The van der Waals surface area contributed by atoms with Gasteiger partial charge in [-0.05, 0) is 30.1 Å². The molecule has 0 saturated heterocycles. The van der Waals surface area contributed by atoms with Crippen LogP contribution in [-0.4, -0.2) is 5.16 Å². The summed E-state index contributed by atoms with van der Waals surface area (Å²) in [6, 6.07) is 0. The third-order valence-corrected chi connectivity index (χ3v) is 3.96. The van der Waals surface area contributed by atoms with E-state index in [0.717, 1.165) is 18.3 Å². The van der Waals surface area contributed by atoms with Gasteiger partial charge >= 0.3 is 0 Å². The molecule has 1 aromatic heterocycles. The number of nitrogens with zero attached hydrogens (tertiary/aromatic N) is 1. The van der Waals surface area contributed by atoms with Crippen molar-refractivity contribution in [2.24, 2.45) is 11.3 Å². The van der Waals surface area contributed by atoms with Gasteiger partial charge in [0.1, 0.15) is 6.26 Å². The molecular formula is C10H13NO. The molecule has 2 bridgehead atoms. The van der Waals surface area contributed by atoms with Gasteiger partial charge in [0, 0.05) is 5.56 Å². The summed E-state index contributed by atoms with van der Waals surface area (Å²) < 4.78 is 5.01. The first-order valence-electron chi connectivity index (χ1n) is 4.62. The van der Waals surface area contributed by atoms with E-state index in [1.54, 1.807) is 0 Å². The lowest BCUT2D eigenvalue weighted by Gasteiger charge is -2.55. The third kappa shape index (κ3) is 0.563. The van der Waals surface area contributed by atoms with Crippen molar-refractivity contribution in [2.75, 3.05) is 0 Å². The van der Waals surface area contributed by atoms with E-state index in [2.05, 4.69) is 19.0 Å². The maximum Gasteiger partial charge on any atom is 0.127 e. The smallest absolute Gasteiger partial charge is 0.127 e. The maximum absolute atomic E-state index is 5.01. The Morgan fingerprint density at radius 2 is 2.42 bits per heavy atom. The predicted octanol–water partition coefficient (Wildman–Crippen LogP) is 2.36. The Balaban J connectivity index is 2.13. The van der Waals surface area contributed by atoms with Gasteiger partial charge in [-0.15, -0.1) is 0 Å². The van der Waals surface area contributed by atoms with Crippen LogP contribution in [0.1, 0.15) is 37.4 Å². The minimum Gasteiger partial charge on any atom is -0.364 e. The monoisotopic (exact) mass is 163 g/mol. The molecule has 3 aliphatic carbocycles. The van der Waals surface area contributed by atoms with Gasteiger partial charge in [0.2, 0.25) is 0 Å². The highest BCUT2D eigenvalue weighted by atomic mass is 16.5. The van der Waals surface area contributed by atoms with Crippen LogP contribution < -0.4 is 0 Å². The van der Waals surface area contributed by atoms with Crippen molar-refractivity contribution in [3.8, 4) is 0 Å². The fraction of sp³-hybridized carbons (Fsp3) is 0.700. The molecule has 1 saturated carbocycles. The Morgan fingerprint density at radius 1 is 1.58 bits per heavy atom. The van der Waals surface area contributed by atoms with Gasteiger partial charge in [-0.2, -0.15) is 0 Å². The Hall–Kier alpha value is -0.790. The summed E-state index contributed by atoms with van der Waals surface area (Å²) in [6.45, 7) is 4.73. The minimum atomic E-state index is 0.499. The first-order valence-corrected chi connectivity index (χ1v) is 4.62. The van der Waals surface area contributed by atoms with Crippen LogP contribution in [0.15, 0.2) is 10.8 Å². The first kappa shape index (κ1) is 6.70.